The first kappa shape index (κ1) is 24.2. The van der Waals surface area contributed by atoms with Crippen LogP contribution in [-0.4, -0.2) is 49.7 Å². The number of likely N-dealkylation sites (N-methyl/N-ethyl adjacent to an activating group) is 1. The Hall–Kier alpha value is -0.830. The molecule has 7 heteroatoms. The first-order chi connectivity index (χ1) is 11.4. The van der Waals surface area contributed by atoms with E-state index in [4.69, 9.17) is 4.52 Å². The van der Waals surface area contributed by atoms with E-state index in [1.54, 1.807) is 7.05 Å². The molecule has 0 aliphatic heterocycles. The number of aromatic nitrogens is 1. The molecule has 0 aromatic carbocycles. The van der Waals surface area contributed by atoms with Crippen molar-refractivity contribution in [3.8, 4) is 0 Å². The minimum absolute atomic E-state index is 0. The molecule has 6 nitrogen and oxygen atoms in total. The quantitative estimate of drug-likeness (QED) is 0.332. The zero-order chi connectivity index (χ0) is 18.1. The summed E-state index contributed by atoms with van der Waals surface area (Å²) in [4.78, 5) is 6.60. The number of hydrogen-bond acceptors (Lipinski definition) is 4. The Morgan fingerprint density at radius 1 is 1.24 bits per heavy atom. The molecule has 1 aromatic heterocycles. The number of hydrogen-bond donors (Lipinski definition) is 2. The second-order valence-corrected chi connectivity index (χ2v) is 6.79. The average Bonchev–Trinajstić information content (AvgIpc) is 3.03. The normalized spacial score (nSPS) is 13.3. The third-order valence-electron chi connectivity index (χ3n) is 4.56. The van der Waals surface area contributed by atoms with Crippen LogP contribution in [0.1, 0.15) is 57.9 Å². The highest BCUT2D eigenvalue weighted by molar-refractivity contribution is 14.0. The Bertz CT molecular complexity index is 497. The van der Waals surface area contributed by atoms with E-state index < -0.39 is 0 Å². The van der Waals surface area contributed by atoms with E-state index in [1.165, 1.54) is 12.8 Å². The predicted octanol–water partition coefficient (Wildman–Crippen LogP) is 3.45. The van der Waals surface area contributed by atoms with Crippen molar-refractivity contribution < 1.29 is 4.52 Å². The van der Waals surface area contributed by atoms with Gasteiger partial charge in [-0.3, -0.25) is 4.99 Å². The Kier molecular flexibility index (Phi) is 12.1. The zero-order valence-electron chi connectivity index (χ0n) is 16.8. The molecule has 0 saturated heterocycles. The summed E-state index contributed by atoms with van der Waals surface area (Å²) in [6.45, 7) is 10.2. The van der Waals surface area contributed by atoms with Gasteiger partial charge in [0.1, 0.15) is 0 Å². The maximum absolute atomic E-state index is 5.35. The molecule has 0 bridgehead atoms. The second kappa shape index (κ2) is 12.5. The van der Waals surface area contributed by atoms with E-state index in [9.17, 15) is 0 Å². The van der Waals surface area contributed by atoms with Gasteiger partial charge < -0.3 is 20.1 Å². The smallest absolute Gasteiger partial charge is 0.191 e. The number of nitrogens with zero attached hydrogens (tertiary/aromatic N) is 3. The maximum atomic E-state index is 5.35. The third-order valence-corrected chi connectivity index (χ3v) is 4.56. The maximum Gasteiger partial charge on any atom is 0.191 e. The molecule has 1 heterocycles. The number of nitrogens with one attached hydrogen (secondary N) is 2. The zero-order valence-corrected chi connectivity index (χ0v) is 19.1. The molecule has 0 aliphatic rings. The molecule has 1 atom stereocenters. The lowest BCUT2D eigenvalue weighted by molar-refractivity contribution is 0.200. The predicted molar refractivity (Wildman–Crippen MR) is 116 cm³/mol. The summed E-state index contributed by atoms with van der Waals surface area (Å²) in [5, 5.41) is 10.8. The van der Waals surface area contributed by atoms with Crippen molar-refractivity contribution in [1.82, 2.24) is 20.7 Å². The molecule has 146 valence electrons. The van der Waals surface area contributed by atoms with Crippen LogP contribution < -0.4 is 10.6 Å². The molecule has 0 saturated carbocycles. The van der Waals surface area contributed by atoms with Crippen molar-refractivity contribution in [3.05, 3.63) is 17.5 Å². The van der Waals surface area contributed by atoms with Crippen LogP contribution >= 0.6 is 24.0 Å². The van der Waals surface area contributed by atoms with E-state index in [2.05, 4.69) is 67.5 Å². The average molecular weight is 465 g/mol. The van der Waals surface area contributed by atoms with Crippen LogP contribution in [-0.2, 0) is 6.54 Å². The first-order valence-electron chi connectivity index (χ1n) is 8.99. The highest BCUT2D eigenvalue weighted by Gasteiger charge is 2.20. The summed E-state index contributed by atoms with van der Waals surface area (Å²) < 4.78 is 5.35. The molecule has 2 N–H and O–H groups in total. The monoisotopic (exact) mass is 465 g/mol. The largest absolute Gasteiger partial charge is 0.359 e. The van der Waals surface area contributed by atoms with E-state index in [1.807, 2.05) is 6.07 Å². The van der Waals surface area contributed by atoms with E-state index in [-0.39, 0.29) is 24.0 Å². The summed E-state index contributed by atoms with van der Waals surface area (Å²) in [6.07, 6.45) is 2.37. The van der Waals surface area contributed by atoms with Crippen LogP contribution in [0.5, 0.6) is 0 Å². The number of halogens is 1. The van der Waals surface area contributed by atoms with Gasteiger partial charge in [0.2, 0.25) is 0 Å². The van der Waals surface area contributed by atoms with Crippen LogP contribution in [0.3, 0.4) is 0 Å². The molecule has 25 heavy (non-hydrogen) atoms. The van der Waals surface area contributed by atoms with Crippen molar-refractivity contribution >= 4 is 29.9 Å². The number of guanidine groups is 1. The summed E-state index contributed by atoms with van der Waals surface area (Å²) in [7, 11) is 6.07. The molecule has 0 amide bonds. The molecule has 0 spiro atoms. The highest BCUT2D eigenvalue weighted by Crippen LogP contribution is 2.16. The standard InChI is InChI=1S/C18H35N5O.HI/c1-8-14(9-2)17(23(6)7)12-21-18(19-5)20-11-15-10-16(13(3)4)22-24-15;/h10,13-14,17H,8-9,11-12H2,1-7H3,(H2,19,20,21);1H. The van der Waals surface area contributed by atoms with Crippen molar-refractivity contribution in [2.24, 2.45) is 10.9 Å². The Labute approximate surface area is 170 Å². The fourth-order valence-electron chi connectivity index (χ4n) is 2.88. The number of rotatable bonds is 9. The van der Waals surface area contributed by atoms with Gasteiger partial charge in [0.25, 0.3) is 0 Å². The van der Waals surface area contributed by atoms with Crippen molar-refractivity contribution in [1.29, 1.82) is 0 Å². The van der Waals surface area contributed by atoms with Gasteiger partial charge in [-0.1, -0.05) is 45.7 Å². The topological polar surface area (TPSA) is 65.7 Å². The Balaban J connectivity index is 0.00000576. The number of aliphatic imine (C=N–C) groups is 1. The van der Waals surface area contributed by atoms with Crippen LogP contribution in [0.25, 0.3) is 0 Å². The second-order valence-electron chi connectivity index (χ2n) is 6.79. The summed E-state index contributed by atoms with van der Waals surface area (Å²) in [5.74, 6) is 2.66. The fraction of sp³-hybridized carbons (Fsp3) is 0.778. The van der Waals surface area contributed by atoms with Gasteiger partial charge in [0.15, 0.2) is 11.7 Å². The van der Waals surface area contributed by atoms with Gasteiger partial charge in [-0.05, 0) is 25.9 Å². The summed E-state index contributed by atoms with van der Waals surface area (Å²) in [5.41, 5.74) is 0.983. The molecule has 1 unspecified atom stereocenters. The van der Waals surface area contributed by atoms with Gasteiger partial charge in [-0.25, -0.2) is 0 Å². The lowest BCUT2D eigenvalue weighted by Crippen LogP contribution is -2.47. The minimum atomic E-state index is 0. The lowest BCUT2D eigenvalue weighted by Gasteiger charge is -2.32. The highest BCUT2D eigenvalue weighted by atomic mass is 127. The van der Waals surface area contributed by atoms with Gasteiger partial charge >= 0.3 is 0 Å². The van der Waals surface area contributed by atoms with E-state index >= 15 is 0 Å². The SMILES string of the molecule is CCC(CC)C(CNC(=NC)NCc1cc(C(C)C)no1)N(C)C.I. The Morgan fingerprint density at radius 3 is 2.32 bits per heavy atom. The molecule has 0 radical (unpaired) electrons. The molecular weight excluding hydrogens is 429 g/mol. The van der Waals surface area contributed by atoms with Crippen LogP contribution in [0, 0.1) is 5.92 Å². The van der Waals surface area contributed by atoms with E-state index in [0.29, 0.717) is 24.4 Å². The van der Waals surface area contributed by atoms with Gasteiger partial charge in [0.05, 0.1) is 12.2 Å². The minimum Gasteiger partial charge on any atom is -0.359 e. The summed E-state index contributed by atoms with van der Waals surface area (Å²) >= 11 is 0. The third kappa shape index (κ3) is 7.94. The van der Waals surface area contributed by atoms with E-state index in [0.717, 1.165) is 24.0 Å². The van der Waals surface area contributed by atoms with Crippen LogP contribution in [0.15, 0.2) is 15.6 Å². The first-order valence-corrected chi connectivity index (χ1v) is 8.99. The van der Waals surface area contributed by atoms with Crippen molar-refractivity contribution in [2.45, 2.75) is 59.0 Å². The molecule has 1 rings (SSSR count). The van der Waals surface area contributed by atoms with Crippen LogP contribution in [0.4, 0.5) is 0 Å². The van der Waals surface area contributed by atoms with Crippen molar-refractivity contribution in [3.63, 3.8) is 0 Å². The molecule has 0 aliphatic carbocycles. The van der Waals surface area contributed by atoms with Gasteiger partial charge in [0, 0.05) is 25.7 Å². The fourth-order valence-corrected chi connectivity index (χ4v) is 2.88. The molecule has 0 fully saturated rings. The molecular formula is C18H36IN5O. The molecule has 1 aromatic rings. The summed E-state index contributed by atoms with van der Waals surface area (Å²) in [6, 6.07) is 2.48. The Morgan fingerprint density at radius 2 is 1.88 bits per heavy atom. The lowest BCUT2D eigenvalue weighted by atomic mass is 9.93. The van der Waals surface area contributed by atoms with Crippen LogP contribution in [0.2, 0.25) is 0 Å². The van der Waals surface area contributed by atoms with Gasteiger partial charge in [-0.2, -0.15) is 0 Å². The van der Waals surface area contributed by atoms with Gasteiger partial charge in [-0.15, -0.1) is 24.0 Å². The van der Waals surface area contributed by atoms with Crippen molar-refractivity contribution in [2.75, 3.05) is 27.7 Å².